The second kappa shape index (κ2) is 7.52. The second-order valence-corrected chi connectivity index (χ2v) is 7.72. The molecule has 6 nitrogen and oxygen atoms in total. The summed E-state index contributed by atoms with van der Waals surface area (Å²) in [6.45, 7) is 0.509. The Morgan fingerprint density at radius 2 is 2.17 bits per heavy atom. The number of aromatic nitrogens is 2. The third-order valence-corrected chi connectivity index (χ3v) is 4.33. The first kappa shape index (κ1) is 17.4. The van der Waals surface area contributed by atoms with Gasteiger partial charge in [0.2, 0.25) is 0 Å². The molecule has 0 aliphatic rings. The molecular weight excluding hydrogens is 336 g/mol. The van der Waals surface area contributed by atoms with E-state index in [-0.39, 0.29) is 5.75 Å². The Bertz CT molecular complexity index is 850. The SMILES string of the molecule is CS(=O)(=O)CCCN/C=C(\C=N)c1cnc2ccc(Cl)nc2c1. The van der Waals surface area contributed by atoms with Crippen LogP contribution in [0.15, 0.2) is 30.6 Å². The molecule has 0 aromatic carbocycles. The molecule has 0 radical (unpaired) electrons. The Labute approximate surface area is 140 Å². The summed E-state index contributed by atoms with van der Waals surface area (Å²) in [7, 11) is -2.95. The molecule has 0 bridgehead atoms. The zero-order valence-corrected chi connectivity index (χ0v) is 14.2. The van der Waals surface area contributed by atoms with E-state index >= 15 is 0 Å². The number of hydrogen-bond donors (Lipinski definition) is 2. The van der Waals surface area contributed by atoms with Gasteiger partial charge in [0.1, 0.15) is 15.0 Å². The Morgan fingerprint density at radius 1 is 1.39 bits per heavy atom. The molecule has 0 aliphatic heterocycles. The van der Waals surface area contributed by atoms with Crippen molar-refractivity contribution in [1.82, 2.24) is 15.3 Å². The van der Waals surface area contributed by atoms with Crippen molar-refractivity contribution in [3.8, 4) is 0 Å². The van der Waals surface area contributed by atoms with Gasteiger partial charge < -0.3 is 10.7 Å². The van der Waals surface area contributed by atoms with Crippen molar-refractivity contribution in [3.05, 3.63) is 41.3 Å². The largest absolute Gasteiger partial charge is 0.390 e. The molecule has 8 heteroatoms. The molecule has 0 atom stereocenters. The zero-order chi connectivity index (χ0) is 16.9. The van der Waals surface area contributed by atoms with Crippen molar-refractivity contribution in [2.24, 2.45) is 0 Å². The number of nitrogens with zero attached hydrogens (tertiary/aromatic N) is 2. The minimum atomic E-state index is -2.95. The summed E-state index contributed by atoms with van der Waals surface area (Å²) < 4.78 is 22.1. The van der Waals surface area contributed by atoms with E-state index in [1.54, 1.807) is 24.5 Å². The monoisotopic (exact) mass is 352 g/mol. The van der Waals surface area contributed by atoms with Gasteiger partial charge in [0.15, 0.2) is 0 Å². The molecule has 23 heavy (non-hydrogen) atoms. The quantitative estimate of drug-likeness (QED) is 0.453. The van der Waals surface area contributed by atoms with Gasteiger partial charge >= 0.3 is 0 Å². The molecule has 0 amide bonds. The lowest BCUT2D eigenvalue weighted by molar-refractivity contribution is 0.598. The summed E-state index contributed by atoms with van der Waals surface area (Å²) in [6, 6.07) is 5.27. The predicted octanol–water partition coefficient (Wildman–Crippen LogP) is 2.30. The van der Waals surface area contributed by atoms with Crippen LogP contribution in [0, 0.1) is 5.41 Å². The van der Waals surface area contributed by atoms with Gasteiger partial charge in [-0.3, -0.25) is 4.98 Å². The number of hydrogen-bond acceptors (Lipinski definition) is 6. The number of nitrogens with one attached hydrogen (secondary N) is 2. The lowest BCUT2D eigenvalue weighted by Crippen LogP contribution is -2.13. The summed E-state index contributed by atoms with van der Waals surface area (Å²) in [4.78, 5) is 8.50. The maximum atomic E-state index is 11.1. The van der Waals surface area contributed by atoms with Crippen LogP contribution in [0.2, 0.25) is 5.15 Å². The molecule has 0 spiro atoms. The topological polar surface area (TPSA) is 95.8 Å². The minimum Gasteiger partial charge on any atom is -0.390 e. The lowest BCUT2D eigenvalue weighted by Gasteiger charge is -2.05. The van der Waals surface area contributed by atoms with E-state index in [0.717, 1.165) is 11.1 Å². The van der Waals surface area contributed by atoms with E-state index in [9.17, 15) is 8.42 Å². The van der Waals surface area contributed by atoms with Crippen molar-refractivity contribution in [2.75, 3.05) is 18.6 Å². The number of rotatable bonds is 7. The van der Waals surface area contributed by atoms with E-state index in [1.807, 2.05) is 6.07 Å². The molecule has 2 aromatic heterocycles. The third-order valence-electron chi connectivity index (χ3n) is 3.09. The Morgan fingerprint density at radius 3 is 2.87 bits per heavy atom. The van der Waals surface area contributed by atoms with Gasteiger partial charge in [-0.25, -0.2) is 13.4 Å². The molecular formula is C15H17ClN4O2S. The standard InChI is InChI=1S/C15H17ClN4O2S/c1-23(21,22)6-2-5-18-9-12(8-17)11-7-14-13(19-10-11)3-4-15(16)20-14/h3-4,7-10,17-18H,2,5-6H2,1H3/b12-9+,17-8?. The molecule has 2 N–H and O–H groups in total. The molecule has 2 rings (SSSR count). The van der Waals surface area contributed by atoms with Crippen LogP contribution in [0.5, 0.6) is 0 Å². The second-order valence-electron chi connectivity index (χ2n) is 5.08. The smallest absolute Gasteiger partial charge is 0.147 e. The Kier molecular flexibility index (Phi) is 5.68. The van der Waals surface area contributed by atoms with E-state index in [0.29, 0.717) is 29.2 Å². The van der Waals surface area contributed by atoms with Crippen LogP contribution >= 0.6 is 11.6 Å². The fourth-order valence-corrected chi connectivity index (χ4v) is 2.79. The van der Waals surface area contributed by atoms with Gasteiger partial charge in [-0.05, 0) is 24.6 Å². The summed E-state index contributed by atoms with van der Waals surface area (Å²) in [5.74, 6) is 0.133. The molecule has 0 unspecified atom stereocenters. The predicted molar refractivity (Wildman–Crippen MR) is 93.6 cm³/mol. The van der Waals surface area contributed by atoms with Crippen LogP contribution in [-0.4, -0.2) is 43.2 Å². The number of allylic oxidation sites excluding steroid dienone is 1. The summed E-state index contributed by atoms with van der Waals surface area (Å²) >= 11 is 5.88. The fraction of sp³-hybridized carbons (Fsp3) is 0.267. The highest BCUT2D eigenvalue weighted by Crippen LogP contribution is 2.18. The summed E-state index contributed by atoms with van der Waals surface area (Å²) in [5, 5.41) is 10.9. The number of sulfone groups is 1. The fourth-order valence-electron chi connectivity index (χ4n) is 1.97. The molecule has 0 fully saturated rings. The van der Waals surface area contributed by atoms with E-state index in [4.69, 9.17) is 17.0 Å². The van der Waals surface area contributed by atoms with Gasteiger partial charge in [-0.15, -0.1) is 0 Å². The van der Waals surface area contributed by atoms with Crippen molar-refractivity contribution in [2.45, 2.75) is 6.42 Å². The molecule has 2 aromatic rings. The van der Waals surface area contributed by atoms with Gasteiger partial charge in [0, 0.05) is 42.5 Å². The molecule has 2 heterocycles. The van der Waals surface area contributed by atoms with Crippen LogP contribution in [0.1, 0.15) is 12.0 Å². The number of halogens is 1. The van der Waals surface area contributed by atoms with Gasteiger partial charge in [-0.2, -0.15) is 0 Å². The minimum absolute atomic E-state index is 0.133. The van der Waals surface area contributed by atoms with Crippen LogP contribution in [-0.2, 0) is 9.84 Å². The summed E-state index contributed by atoms with van der Waals surface area (Å²) in [6.07, 6.45) is 6.26. The number of fused-ring (bicyclic) bond motifs is 1. The van der Waals surface area contributed by atoms with Crippen molar-refractivity contribution < 1.29 is 8.42 Å². The lowest BCUT2D eigenvalue weighted by atomic mass is 10.1. The highest BCUT2D eigenvalue weighted by molar-refractivity contribution is 7.90. The third kappa shape index (κ3) is 5.30. The van der Waals surface area contributed by atoms with Crippen LogP contribution in [0.3, 0.4) is 0 Å². The van der Waals surface area contributed by atoms with Crippen molar-refractivity contribution in [3.63, 3.8) is 0 Å². The maximum Gasteiger partial charge on any atom is 0.147 e. The first-order valence-electron chi connectivity index (χ1n) is 6.93. The average molecular weight is 353 g/mol. The maximum absolute atomic E-state index is 11.1. The Balaban J connectivity index is 2.10. The van der Waals surface area contributed by atoms with Gasteiger partial charge in [0.05, 0.1) is 16.8 Å². The van der Waals surface area contributed by atoms with Gasteiger partial charge in [-0.1, -0.05) is 11.6 Å². The first-order valence-corrected chi connectivity index (χ1v) is 9.37. The van der Waals surface area contributed by atoms with E-state index < -0.39 is 9.84 Å². The molecule has 122 valence electrons. The first-order chi connectivity index (χ1) is 10.9. The normalized spacial score (nSPS) is 12.3. The average Bonchev–Trinajstić information content (AvgIpc) is 2.49. The van der Waals surface area contributed by atoms with E-state index in [1.165, 1.54) is 12.5 Å². The van der Waals surface area contributed by atoms with Crippen molar-refractivity contribution >= 4 is 44.3 Å². The van der Waals surface area contributed by atoms with E-state index in [2.05, 4.69) is 15.3 Å². The highest BCUT2D eigenvalue weighted by Gasteiger charge is 2.04. The number of pyridine rings is 2. The highest BCUT2D eigenvalue weighted by atomic mass is 35.5. The molecule has 0 saturated carbocycles. The van der Waals surface area contributed by atoms with Gasteiger partial charge in [0.25, 0.3) is 0 Å². The molecule has 0 saturated heterocycles. The van der Waals surface area contributed by atoms with Crippen LogP contribution in [0.4, 0.5) is 0 Å². The van der Waals surface area contributed by atoms with Crippen molar-refractivity contribution in [1.29, 1.82) is 5.41 Å². The van der Waals surface area contributed by atoms with Crippen LogP contribution in [0.25, 0.3) is 16.6 Å². The molecule has 0 aliphatic carbocycles. The summed E-state index contributed by atoms with van der Waals surface area (Å²) in [5.41, 5.74) is 2.74. The Hall–Kier alpha value is -1.99. The zero-order valence-electron chi connectivity index (χ0n) is 12.6. The van der Waals surface area contributed by atoms with Crippen LogP contribution < -0.4 is 5.32 Å².